The minimum atomic E-state index is 0.190. The van der Waals surface area contributed by atoms with Crippen molar-refractivity contribution in [1.29, 1.82) is 0 Å². The quantitative estimate of drug-likeness (QED) is 0.686. The van der Waals surface area contributed by atoms with Crippen LogP contribution in [0.15, 0.2) is 9.15 Å². The van der Waals surface area contributed by atoms with Gasteiger partial charge in [-0.05, 0) is 22.4 Å². The van der Waals surface area contributed by atoms with Gasteiger partial charge in [0, 0.05) is 4.48 Å². The normalized spacial score (nSPS) is 13.6. The van der Waals surface area contributed by atoms with Crippen molar-refractivity contribution >= 4 is 31.9 Å². The summed E-state index contributed by atoms with van der Waals surface area (Å²) < 4.78 is 0.988. The van der Waals surface area contributed by atoms with Crippen molar-refractivity contribution in [2.75, 3.05) is 0 Å². The van der Waals surface area contributed by atoms with Gasteiger partial charge in [0.15, 0.2) is 4.67 Å². The number of aliphatic hydroxyl groups excluding tert-OH is 1. The maximum Gasteiger partial charge on any atom is 0.169 e. The van der Waals surface area contributed by atoms with Crippen LogP contribution in [0.2, 0.25) is 0 Å². The van der Waals surface area contributed by atoms with Crippen LogP contribution in [0.3, 0.4) is 0 Å². The molecule has 0 aromatic carbocycles. The van der Waals surface area contributed by atoms with Crippen LogP contribution in [0.25, 0.3) is 0 Å². The van der Waals surface area contributed by atoms with Gasteiger partial charge >= 0.3 is 0 Å². The fourth-order valence-electron chi connectivity index (χ4n) is 0.146. The molecule has 42 valence electrons. The molecule has 0 radical (unpaired) electrons. The zero-order chi connectivity index (χ0) is 5.86. The van der Waals surface area contributed by atoms with Crippen LogP contribution in [0, 0.1) is 0 Å². The fourth-order valence-corrected chi connectivity index (χ4v) is 0.426. The molecule has 0 aromatic rings. The predicted molar refractivity (Wildman–Crippen MR) is 37.8 cm³/mol. The average Bonchev–Trinajstić information content (AvgIpc) is 1.65. The Kier molecular flexibility index (Phi) is 3.75. The maximum atomic E-state index is 8.57. The van der Waals surface area contributed by atoms with E-state index in [9.17, 15) is 0 Å². The first-order chi connectivity index (χ1) is 3.18. The lowest BCUT2D eigenvalue weighted by Crippen LogP contribution is -1.69. The minimum absolute atomic E-state index is 0.190. The maximum absolute atomic E-state index is 8.57. The van der Waals surface area contributed by atoms with Crippen molar-refractivity contribution in [3.8, 4) is 0 Å². The fraction of sp³-hybridized carbons (Fsp3) is 0.500. The Morgan fingerprint density at radius 3 is 2.00 bits per heavy atom. The molecule has 1 nitrogen and oxygen atoms in total. The van der Waals surface area contributed by atoms with E-state index in [0.717, 1.165) is 10.9 Å². The van der Waals surface area contributed by atoms with Gasteiger partial charge in [-0.25, -0.2) is 0 Å². The summed E-state index contributed by atoms with van der Waals surface area (Å²) in [7, 11) is 0. The van der Waals surface area contributed by atoms with Crippen LogP contribution in [-0.2, 0) is 0 Å². The molecular formula is C4H6Br2O. The second-order valence-electron chi connectivity index (χ2n) is 1.05. The van der Waals surface area contributed by atoms with E-state index >= 15 is 0 Å². The molecule has 0 unspecified atom stereocenters. The molecule has 0 heterocycles. The third-order valence-corrected chi connectivity index (χ3v) is 2.48. The lowest BCUT2D eigenvalue weighted by molar-refractivity contribution is 0.457. The van der Waals surface area contributed by atoms with Crippen molar-refractivity contribution in [2.45, 2.75) is 13.3 Å². The number of aliphatic hydroxyl groups is 1. The van der Waals surface area contributed by atoms with Crippen LogP contribution in [0.1, 0.15) is 13.3 Å². The summed E-state index contributed by atoms with van der Waals surface area (Å²) in [4.78, 5) is 0. The smallest absolute Gasteiger partial charge is 0.169 e. The highest BCUT2D eigenvalue weighted by Crippen LogP contribution is 2.17. The number of hydrogen-bond acceptors (Lipinski definition) is 1. The first-order valence-electron chi connectivity index (χ1n) is 1.91. The van der Waals surface area contributed by atoms with Crippen LogP contribution >= 0.6 is 31.9 Å². The third-order valence-electron chi connectivity index (χ3n) is 0.534. The zero-order valence-electron chi connectivity index (χ0n) is 3.91. The Morgan fingerprint density at radius 1 is 1.57 bits per heavy atom. The van der Waals surface area contributed by atoms with Crippen molar-refractivity contribution in [1.82, 2.24) is 0 Å². The SMILES string of the molecule is CC/C(Br)=C(/O)Br. The van der Waals surface area contributed by atoms with Gasteiger partial charge in [0.25, 0.3) is 0 Å². The van der Waals surface area contributed by atoms with Crippen LogP contribution < -0.4 is 0 Å². The molecule has 7 heavy (non-hydrogen) atoms. The molecule has 0 atom stereocenters. The van der Waals surface area contributed by atoms with Gasteiger partial charge in [-0.2, -0.15) is 0 Å². The second-order valence-corrected chi connectivity index (χ2v) is 2.76. The van der Waals surface area contributed by atoms with Crippen LogP contribution in [-0.4, -0.2) is 5.11 Å². The predicted octanol–water partition coefficient (Wildman–Crippen LogP) is 2.91. The molecule has 0 saturated heterocycles. The monoisotopic (exact) mass is 228 g/mol. The molecular weight excluding hydrogens is 224 g/mol. The Morgan fingerprint density at radius 2 is 2.00 bits per heavy atom. The molecule has 0 aliphatic rings. The van der Waals surface area contributed by atoms with Crippen LogP contribution in [0.4, 0.5) is 0 Å². The molecule has 0 spiro atoms. The number of halogens is 2. The lowest BCUT2D eigenvalue weighted by Gasteiger charge is -1.88. The zero-order valence-corrected chi connectivity index (χ0v) is 7.08. The van der Waals surface area contributed by atoms with Gasteiger partial charge in [-0.1, -0.05) is 22.9 Å². The van der Waals surface area contributed by atoms with Crippen molar-refractivity contribution < 1.29 is 5.11 Å². The van der Waals surface area contributed by atoms with E-state index in [1.165, 1.54) is 0 Å². The molecule has 0 aliphatic heterocycles. The molecule has 0 rings (SSSR count). The van der Waals surface area contributed by atoms with Gasteiger partial charge in [0.05, 0.1) is 0 Å². The van der Waals surface area contributed by atoms with Crippen molar-refractivity contribution in [2.24, 2.45) is 0 Å². The number of rotatable bonds is 1. The summed E-state index contributed by atoms with van der Waals surface area (Å²) in [6.45, 7) is 1.95. The molecule has 0 bridgehead atoms. The standard InChI is InChI=1S/C4H6Br2O/c1-2-3(5)4(6)7/h7H,2H2,1H3/b4-3-. The summed E-state index contributed by atoms with van der Waals surface area (Å²) in [5.41, 5.74) is 0. The van der Waals surface area contributed by atoms with Gasteiger partial charge in [-0.15, -0.1) is 0 Å². The van der Waals surface area contributed by atoms with E-state index in [-0.39, 0.29) is 4.67 Å². The first-order valence-corrected chi connectivity index (χ1v) is 3.50. The molecule has 0 amide bonds. The highest BCUT2D eigenvalue weighted by atomic mass is 79.9. The largest absolute Gasteiger partial charge is 0.501 e. The number of hydrogen-bond donors (Lipinski definition) is 1. The van der Waals surface area contributed by atoms with Crippen molar-refractivity contribution in [3.63, 3.8) is 0 Å². The average molecular weight is 230 g/mol. The summed E-state index contributed by atoms with van der Waals surface area (Å²) in [6, 6.07) is 0. The number of allylic oxidation sites excluding steroid dienone is 1. The third kappa shape index (κ3) is 3.12. The van der Waals surface area contributed by atoms with E-state index in [1.54, 1.807) is 0 Å². The summed E-state index contributed by atoms with van der Waals surface area (Å²) in [5.74, 6) is 0. The van der Waals surface area contributed by atoms with E-state index in [4.69, 9.17) is 5.11 Å². The summed E-state index contributed by atoms with van der Waals surface area (Å²) >= 11 is 6.01. The Balaban J connectivity index is 3.72. The Labute approximate surface area is 59.7 Å². The summed E-state index contributed by atoms with van der Waals surface area (Å²) in [5, 5.41) is 8.57. The molecule has 0 saturated carbocycles. The van der Waals surface area contributed by atoms with Crippen molar-refractivity contribution in [3.05, 3.63) is 9.15 Å². The Bertz CT molecular complexity index is 83.7. The van der Waals surface area contributed by atoms with E-state index in [2.05, 4.69) is 31.9 Å². The van der Waals surface area contributed by atoms with Crippen LogP contribution in [0.5, 0.6) is 0 Å². The van der Waals surface area contributed by atoms with Gasteiger partial charge in [0.1, 0.15) is 0 Å². The highest BCUT2D eigenvalue weighted by molar-refractivity contribution is 9.14. The topological polar surface area (TPSA) is 20.2 Å². The van der Waals surface area contributed by atoms with Gasteiger partial charge in [-0.3, -0.25) is 0 Å². The molecule has 1 N–H and O–H groups in total. The lowest BCUT2D eigenvalue weighted by atomic mass is 10.5. The first kappa shape index (κ1) is 7.50. The molecule has 0 aromatic heterocycles. The van der Waals surface area contributed by atoms with E-state index in [0.29, 0.717) is 0 Å². The van der Waals surface area contributed by atoms with Gasteiger partial charge in [0.2, 0.25) is 0 Å². The highest BCUT2D eigenvalue weighted by Gasteiger charge is 1.90. The second kappa shape index (κ2) is 3.50. The van der Waals surface area contributed by atoms with E-state index < -0.39 is 0 Å². The van der Waals surface area contributed by atoms with E-state index in [1.807, 2.05) is 6.92 Å². The van der Waals surface area contributed by atoms with Gasteiger partial charge < -0.3 is 5.11 Å². The molecule has 0 fully saturated rings. The summed E-state index contributed by atoms with van der Waals surface area (Å²) in [6.07, 6.45) is 0.817. The molecule has 3 heteroatoms. The molecule has 0 aliphatic carbocycles. The minimum Gasteiger partial charge on any atom is -0.501 e. The Hall–Kier alpha value is 0.500.